The Hall–Kier alpha value is -2.50. The fourth-order valence-corrected chi connectivity index (χ4v) is 1.68. The lowest BCUT2D eigenvalue weighted by Crippen LogP contribution is -2.22. The number of nitrogens with two attached hydrogens (primary N) is 1. The van der Waals surface area contributed by atoms with Crippen LogP contribution < -0.4 is 10.6 Å². The van der Waals surface area contributed by atoms with Gasteiger partial charge in [0.05, 0.1) is 12.2 Å². The van der Waals surface area contributed by atoms with Crippen molar-refractivity contribution < 1.29 is 0 Å². The lowest BCUT2D eigenvalue weighted by Gasteiger charge is -2.17. The molecular formula is C13H16N6. The summed E-state index contributed by atoms with van der Waals surface area (Å²) in [6.45, 7) is 2.55. The molecule has 0 spiro atoms. The summed E-state index contributed by atoms with van der Waals surface area (Å²) in [5, 5.41) is 7.38. The molecule has 19 heavy (non-hydrogen) atoms. The first kappa shape index (κ1) is 12.9. The molecule has 0 atom stereocenters. The monoisotopic (exact) mass is 256 g/mol. The van der Waals surface area contributed by atoms with E-state index in [1.165, 1.54) is 0 Å². The van der Waals surface area contributed by atoms with Crippen molar-refractivity contribution in [3.8, 4) is 0 Å². The van der Waals surface area contributed by atoms with Crippen LogP contribution in [0.25, 0.3) is 0 Å². The minimum Gasteiger partial charge on any atom is -0.382 e. The second kappa shape index (κ2) is 5.43. The van der Waals surface area contributed by atoms with Crippen molar-refractivity contribution in [2.75, 3.05) is 11.9 Å². The Morgan fingerprint density at radius 1 is 1.32 bits per heavy atom. The molecule has 0 radical (unpaired) electrons. The molecule has 2 aromatic rings. The van der Waals surface area contributed by atoms with Crippen LogP contribution in [0.3, 0.4) is 0 Å². The smallest absolute Gasteiger partial charge is 0.226 e. The summed E-state index contributed by atoms with van der Waals surface area (Å²) >= 11 is 0. The van der Waals surface area contributed by atoms with E-state index in [0.717, 1.165) is 11.4 Å². The van der Waals surface area contributed by atoms with Crippen molar-refractivity contribution in [2.45, 2.75) is 13.5 Å². The van der Waals surface area contributed by atoms with Gasteiger partial charge in [0.25, 0.3) is 0 Å². The Balaban J connectivity index is 2.18. The molecule has 0 saturated carbocycles. The van der Waals surface area contributed by atoms with E-state index in [1.54, 1.807) is 12.3 Å². The van der Waals surface area contributed by atoms with Crippen molar-refractivity contribution >= 4 is 11.8 Å². The molecule has 3 N–H and O–H groups in total. The van der Waals surface area contributed by atoms with Crippen LogP contribution in [0.5, 0.6) is 0 Å². The standard InChI is InChI=1S/C13H16N6/c1-9-4-3-5-10(17-9)8-19(2)13-16-7-6-11(18-13)12(14)15/h3-7H,8H2,1-2H3,(H3,14,15). The Morgan fingerprint density at radius 2 is 2.11 bits per heavy atom. The zero-order valence-corrected chi connectivity index (χ0v) is 11.0. The molecule has 6 nitrogen and oxygen atoms in total. The zero-order valence-electron chi connectivity index (χ0n) is 11.0. The van der Waals surface area contributed by atoms with Gasteiger partial charge in [-0.15, -0.1) is 0 Å². The normalized spacial score (nSPS) is 10.2. The molecule has 0 amide bonds. The molecular weight excluding hydrogens is 240 g/mol. The molecule has 2 heterocycles. The van der Waals surface area contributed by atoms with Gasteiger partial charge in [-0.2, -0.15) is 0 Å². The van der Waals surface area contributed by atoms with Crippen LogP contribution >= 0.6 is 0 Å². The minimum atomic E-state index is -0.0641. The topological polar surface area (TPSA) is 91.8 Å². The molecule has 0 bridgehead atoms. The molecule has 0 unspecified atom stereocenters. The number of hydrogen-bond acceptors (Lipinski definition) is 5. The highest BCUT2D eigenvalue weighted by Crippen LogP contribution is 2.09. The van der Waals surface area contributed by atoms with E-state index in [-0.39, 0.29) is 5.84 Å². The average molecular weight is 256 g/mol. The molecule has 6 heteroatoms. The number of aromatic nitrogens is 3. The molecule has 98 valence electrons. The maximum Gasteiger partial charge on any atom is 0.226 e. The van der Waals surface area contributed by atoms with Crippen LogP contribution in [-0.2, 0) is 6.54 Å². The number of hydrogen-bond donors (Lipinski definition) is 2. The third kappa shape index (κ3) is 3.25. The Labute approximate surface area is 111 Å². The number of aryl methyl sites for hydroxylation is 1. The number of nitrogens with one attached hydrogen (secondary N) is 1. The molecule has 2 rings (SSSR count). The molecule has 0 saturated heterocycles. The lowest BCUT2D eigenvalue weighted by atomic mass is 10.3. The van der Waals surface area contributed by atoms with Gasteiger partial charge in [-0.3, -0.25) is 10.4 Å². The molecule has 0 aromatic carbocycles. The molecule has 0 aliphatic carbocycles. The number of anilines is 1. The maximum absolute atomic E-state index is 7.38. The molecule has 2 aromatic heterocycles. The summed E-state index contributed by atoms with van der Waals surface area (Å²) in [4.78, 5) is 14.7. The van der Waals surface area contributed by atoms with E-state index in [1.807, 2.05) is 37.1 Å². The van der Waals surface area contributed by atoms with Gasteiger partial charge < -0.3 is 10.6 Å². The molecule has 0 fully saturated rings. The van der Waals surface area contributed by atoms with Crippen LogP contribution in [0, 0.1) is 12.3 Å². The van der Waals surface area contributed by atoms with E-state index < -0.39 is 0 Å². The summed E-state index contributed by atoms with van der Waals surface area (Å²) in [6, 6.07) is 7.50. The van der Waals surface area contributed by atoms with Gasteiger partial charge in [0.15, 0.2) is 0 Å². The Morgan fingerprint density at radius 3 is 2.79 bits per heavy atom. The molecule has 0 aliphatic rings. The number of amidine groups is 1. The highest BCUT2D eigenvalue weighted by molar-refractivity contribution is 5.93. The Kier molecular flexibility index (Phi) is 3.70. The van der Waals surface area contributed by atoms with Gasteiger partial charge in [0.2, 0.25) is 5.95 Å². The number of nitrogens with zero attached hydrogens (tertiary/aromatic N) is 4. The Bertz CT molecular complexity index is 595. The predicted molar refractivity (Wildman–Crippen MR) is 74.1 cm³/mol. The SMILES string of the molecule is Cc1cccc(CN(C)c2nccc(C(=N)N)n2)n1. The van der Waals surface area contributed by atoms with Crippen LogP contribution in [0.15, 0.2) is 30.5 Å². The van der Waals surface area contributed by atoms with Crippen molar-refractivity contribution in [3.05, 3.63) is 47.5 Å². The quantitative estimate of drug-likeness (QED) is 0.631. The maximum atomic E-state index is 7.38. The van der Waals surface area contributed by atoms with Gasteiger partial charge in [0, 0.05) is 18.9 Å². The summed E-state index contributed by atoms with van der Waals surface area (Å²) < 4.78 is 0. The van der Waals surface area contributed by atoms with Crippen LogP contribution in [0.1, 0.15) is 17.1 Å². The summed E-state index contributed by atoms with van der Waals surface area (Å²) in [5.74, 6) is 0.460. The van der Waals surface area contributed by atoms with Gasteiger partial charge in [-0.1, -0.05) is 6.07 Å². The second-order valence-electron chi connectivity index (χ2n) is 4.28. The van der Waals surface area contributed by atoms with Crippen LogP contribution in [-0.4, -0.2) is 27.8 Å². The fourth-order valence-electron chi connectivity index (χ4n) is 1.68. The first-order valence-electron chi connectivity index (χ1n) is 5.87. The second-order valence-corrected chi connectivity index (χ2v) is 4.28. The first-order valence-corrected chi connectivity index (χ1v) is 5.87. The van der Waals surface area contributed by atoms with Gasteiger partial charge >= 0.3 is 0 Å². The first-order chi connectivity index (χ1) is 9.06. The largest absolute Gasteiger partial charge is 0.382 e. The van der Waals surface area contributed by atoms with Gasteiger partial charge in [-0.25, -0.2) is 9.97 Å². The van der Waals surface area contributed by atoms with Gasteiger partial charge in [0.1, 0.15) is 11.5 Å². The van der Waals surface area contributed by atoms with E-state index in [4.69, 9.17) is 11.1 Å². The fraction of sp³-hybridized carbons (Fsp3) is 0.231. The average Bonchev–Trinajstić information content (AvgIpc) is 2.39. The van der Waals surface area contributed by atoms with Crippen molar-refractivity contribution in [1.29, 1.82) is 5.41 Å². The van der Waals surface area contributed by atoms with E-state index >= 15 is 0 Å². The lowest BCUT2D eigenvalue weighted by molar-refractivity contribution is 0.834. The zero-order chi connectivity index (χ0) is 13.8. The number of pyridine rings is 1. The third-order valence-electron chi connectivity index (χ3n) is 2.61. The van der Waals surface area contributed by atoms with Crippen molar-refractivity contribution in [3.63, 3.8) is 0 Å². The van der Waals surface area contributed by atoms with E-state index in [0.29, 0.717) is 18.2 Å². The molecule has 0 aliphatic heterocycles. The minimum absolute atomic E-state index is 0.0641. The van der Waals surface area contributed by atoms with Crippen LogP contribution in [0.2, 0.25) is 0 Å². The highest BCUT2D eigenvalue weighted by Gasteiger charge is 2.08. The van der Waals surface area contributed by atoms with Crippen molar-refractivity contribution in [1.82, 2.24) is 15.0 Å². The third-order valence-corrected chi connectivity index (χ3v) is 2.61. The van der Waals surface area contributed by atoms with E-state index in [9.17, 15) is 0 Å². The van der Waals surface area contributed by atoms with E-state index in [2.05, 4.69) is 15.0 Å². The summed E-state index contributed by atoms with van der Waals surface area (Å²) in [5.41, 5.74) is 7.76. The number of nitrogen functional groups attached to an aromatic ring is 1. The highest BCUT2D eigenvalue weighted by atomic mass is 15.2. The summed E-state index contributed by atoms with van der Waals surface area (Å²) in [6.07, 6.45) is 1.60. The number of rotatable bonds is 4. The van der Waals surface area contributed by atoms with Gasteiger partial charge in [-0.05, 0) is 25.1 Å². The van der Waals surface area contributed by atoms with Crippen molar-refractivity contribution in [2.24, 2.45) is 5.73 Å². The van der Waals surface area contributed by atoms with Crippen LogP contribution in [0.4, 0.5) is 5.95 Å². The predicted octanol–water partition coefficient (Wildman–Crippen LogP) is 1.10. The summed E-state index contributed by atoms with van der Waals surface area (Å²) in [7, 11) is 1.88.